The molecule has 0 aliphatic carbocycles. The minimum atomic E-state index is -0.807. The fraction of sp³-hybridized carbons (Fsp3) is 0.207. The molecular formula is C29H26BrFN2O6. The van der Waals surface area contributed by atoms with Gasteiger partial charge in [-0.2, -0.15) is 0 Å². The van der Waals surface area contributed by atoms with Crippen LogP contribution in [0.5, 0.6) is 17.2 Å². The van der Waals surface area contributed by atoms with Crippen molar-refractivity contribution in [3.05, 3.63) is 93.2 Å². The molecule has 0 unspecified atom stereocenters. The predicted molar refractivity (Wildman–Crippen MR) is 146 cm³/mol. The van der Waals surface area contributed by atoms with Crippen LogP contribution in [0.2, 0.25) is 0 Å². The van der Waals surface area contributed by atoms with Crippen molar-refractivity contribution < 1.29 is 33.0 Å². The highest BCUT2D eigenvalue weighted by Crippen LogP contribution is 2.30. The number of nitrogens with zero attached hydrogens (tertiary/aromatic N) is 1. The van der Waals surface area contributed by atoms with E-state index in [1.54, 1.807) is 48.5 Å². The first-order chi connectivity index (χ1) is 18.8. The minimum absolute atomic E-state index is 0.0699. The molecule has 202 valence electrons. The topological polar surface area (TPSA) is 94.2 Å². The third-order valence-electron chi connectivity index (χ3n) is 5.79. The smallest absolute Gasteiger partial charge is 0.331 e. The number of barbiturate groups is 1. The number of carbonyl (C=O) groups is 3. The summed E-state index contributed by atoms with van der Waals surface area (Å²) < 4.78 is 30.5. The van der Waals surface area contributed by atoms with Gasteiger partial charge in [0, 0.05) is 0 Å². The van der Waals surface area contributed by atoms with E-state index in [2.05, 4.69) is 21.2 Å². The lowest BCUT2D eigenvalue weighted by molar-refractivity contribution is -0.130. The molecule has 0 radical (unpaired) electrons. The fourth-order valence-electron chi connectivity index (χ4n) is 3.79. The van der Waals surface area contributed by atoms with Gasteiger partial charge in [0.25, 0.3) is 11.8 Å². The number of urea groups is 1. The Morgan fingerprint density at radius 2 is 1.64 bits per heavy atom. The largest absolute Gasteiger partial charge is 0.493 e. The molecule has 39 heavy (non-hydrogen) atoms. The number of hydrogen-bond donors (Lipinski definition) is 1. The van der Waals surface area contributed by atoms with Crippen LogP contribution in [-0.2, 0) is 22.7 Å². The Morgan fingerprint density at radius 3 is 2.33 bits per heavy atom. The zero-order chi connectivity index (χ0) is 27.9. The summed E-state index contributed by atoms with van der Waals surface area (Å²) in [5, 5.41) is 2.23. The molecule has 0 bridgehead atoms. The molecule has 10 heteroatoms. The van der Waals surface area contributed by atoms with Crippen molar-refractivity contribution in [2.45, 2.75) is 26.5 Å². The lowest BCUT2D eigenvalue weighted by Gasteiger charge is -2.26. The number of hydrogen-bond acceptors (Lipinski definition) is 6. The maximum absolute atomic E-state index is 13.2. The van der Waals surface area contributed by atoms with Crippen molar-refractivity contribution in [3.8, 4) is 17.2 Å². The molecule has 0 aromatic heterocycles. The molecule has 1 fully saturated rings. The number of imide groups is 2. The van der Waals surface area contributed by atoms with Crippen molar-refractivity contribution in [3.63, 3.8) is 0 Å². The van der Waals surface area contributed by atoms with Gasteiger partial charge in [-0.15, -0.1) is 0 Å². The monoisotopic (exact) mass is 596 g/mol. The average Bonchev–Trinajstić information content (AvgIpc) is 2.93. The molecule has 4 amide bonds. The van der Waals surface area contributed by atoms with E-state index < -0.39 is 17.8 Å². The van der Waals surface area contributed by atoms with E-state index in [1.165, 1.54) is 25.3 Å². The van der Waals surface area contributed by atoms with Crippen molar-refractivity contribution in [1.82, 2.24) is 10.2 Å². The number of nitrogens with one attached hydrogen (secondary N) is 1. The molecule has 0 atom stereocenters. The number of carbonyl (C=O) groups excluding carboxylic acids is 3. The van der Waals surface area contributed by atoms with Crippen LogP contribution in [0.15, 0.2) is 70.7 Å². The molecule has 1 saturated heterocycles. The Morgan fingerprint density at radius 1 is 0.923 bits per heavy atom. The highest BCUT2D eigenvalue weighted by molar-refractivity contribution is 9.10. The standard InChI is InChI=1S/C29H26BrFN2O6/c1-3-12-38-25-11-7-20(15-26(25)37-2)16-33-28(35)22(27(34)32-29(33)36)13-19-6-10-24(23(30)14-19)39-17-18-4-8-21(31)9-5-18/h4-11,13-15H,3,12,16-17H2,1-2H3,(H,32,34,36)/b22-13+. The zero-order valence-electron chi connectivity index (χ0n) is 21.3. The van der Waals surface area contributed by atoms with Crippen molar-refractivity contribution in [1.29, 1.82) is 0 Å². The third kappa shape index (κ3) is 6.83. The van der Waals surface area contributed by atoms with E-state index in [4.69, 9.17) is 14.2 Å². The number of amides is 4. The van der Waals surface area contributed by atoms with Gasteiger partial charge in [0.1, 0.15) is 23.7 Å². The van der Waals surface area contributed by atoms with E-state index in [1.807, 2.05) is 6.92 Å². The molecule has 3 aromatic rings. The first kappa shape index (κ1) is 27.8. The normalized spacial score (nSPS) is 14.4. The lowest BCUT2D eigenvalue weighted by Crippen LogP contribution is -2.53. The molecule has 3 aromatic carbocycles. The number of ether oxygens (including phenoxy) is 3. The van der Waals surface area contributed by atoms with E-state index in [0.29, 0.717) is 39.5 Å². The van der Waals surface area contributed by atoms with Crippen molar-refractivity contribution >= 4 is 39.9 Å². The fourth-order valence-corrected chi connectivity index (χ4v) is 4.31. The highest BCUT2D eigenvalue weighted by atomic mass is 79.9. The second kappa shape index (κ2) is 12.6. The Labute approximate surface area is 233 Å². The zero-order valence-corrected chi connectivity index (χ0v) is 22.9. The van der Waals surface area contributed by atoms with Gasteiger partial charge in [0.2, 0.25) is 0 Å². The van der Waals surface area contributed by atoms with E-state index in [0.717, 1.165) is 16.9 Å². The minimum Gasteiger partial charge on any atom is -0.493 e. The summed E-state index contributed by atoms with van der Waals surface area (Å²) in [5.74, 6) is -0.267. The van der Waals surface area contributed by atoms with Crippen molar-refractivity contribution in [2.75, 3.05) is 13.7 Å². The molecular weight excluding hydrogens is 571 g/mol. The summed E-state index contributed by atoms with van der Waals surface area (Å²) in [7, 11) is 1.51. The Bertz CT molecular complexity index is 1420. The Kier molecular flexibility index (Phi) is 8.98. The van der Waals surface area contributed by atoms with Crippen LogP contribution in [0, 0.1) is 5.82 Å². The number of methoxy groups -OCH3 is 1. The van der Waals surface area contributed by atoms with Crippen LogP contribution < -0.4 is 19.5 Å². The quantitative estimate of drug-likeness (QED) is 0.241. The van der Waals surface area contributed by atoms with Gasteiger partial charge in [-0.25, -0.2) is 9.18 Å². The van der Waals surface area contributed by atoms with Crippen LogP contribution in [0.25, 0.3) is 6.08 Å². The first-order valence-electron chi connectivity index (χ1n) is 12.1. The second-order valence-electron chi connectivity index (χ2n) is 8.65. The van der Waals surface area contributed by atoms with Gasteiger partial charge in [-0.3, -0.25) is 19.8 Å². The Balaban J connectivity index is 1.50. The van der Waals surface area contributed by atoms with E-state index in [-0.39, 0.29) is 24.5 Å². The van der Waals surface area contributed by atoms with Crippen LogP contribution >= 0.6 is 15.9 Å². The summed E-state index contributed by atoms with van der Waals surface area (Å²) in [6.07, 6.45) is 2.24. The van der Waals surface area contributed by atoms with Crippen LogP contribution in [0.3, 0.4) is 0 Å². The molecule has 4 rings (SSSR count). The molecule has 1 aliphatic rings. The first-order valence-corrected chi connectivity index (χ1v) is 12.9. The predicted octanol–water partition coefficient (Wildman–Crippen LogP) is 5.63. The molecule has 0 spiro atoms. The molecule has 1 heterocycles. The summed E-state index contributed by atoms with van der Waals surface area (Å²) in [4.78, 5) is 39.3. The summed E-state index contributed by atoms with van der Waals surface area (Å²) in [6, 6.07) is 15.4. The van der Waals surface area contributed by atoms with Crippen LogP contribution in [0.4, 0.5) is 9.18 Å². The molecule has 1 aliphatic heterocycles. The van der Waals surface area contributed by atoms with Gasteiger partial charge in [-0.05, 0) is 81.5 Å². The molecule has 8 nitrogen and oxygen atoms in total. The number of rotatable bonds is 10. The van der Waals surface area contributed by atoms with E-state index in [9.17, 15) is 18.8 Å². The van der Waals surface area contributed by atoms with Gasteiger partial charge in [0.05, 0.1) is 24.7 Å². The van der Waals surface area contributed by atoms with Gasteiger partial charge in [-0.1, -0.05) is 31.2 Å². The Hall–Kier alpha value is -4.18. The van der Waals surface area contributed by atoms with E-state index >= 15 is 0 Å². The van der Waals surface area contributed by atoms with Gasteiger partial charge < -0.3 is 14.2 Å². The number of benzene rings is 3. The van der Waals surface area contributed by atoms with Crippen LogP contribution in [0.1, 0.15) is 30.0 Å². The molecule has 0 saturated carbocycles. The molecule has 1 N–H and O–H groups in total. The van der Waals surface area contributed by atoms with Crippen molar-refractivity contribution in [2.24, 2.45) is 0 Å². The maximum Gasteiger partial charge on any atom is 0.331 e. The average molecular weight is 597 g/mol. The second-order valence-corrected chi connectivity index (χ2v) is 9.50. The van der Waals surface area contributed by atoms with Gasteiger partial charge >= 0.3 is 6.03 Å². The highest BCUT2D eigenvalue weighted by Gasteiger charge is 2.35. The SMILES string of the molecule is CCCOc1ccc(CN2C(=O)NC(=O)/C(=C\c3ccc(OCc4ccc(F)cc4)c(Br)c3)C2=O)cc1OC. The maximum atomic E-state index is 13.2. The lowest BCUT2D eigenvalue weighted by atomic mass is 10.1. The summed E-state index contributed by atoms with van der Waals surface area (Å²) in [5.41, 5.74) is 1.78. The summed E-state index contributed by atoms with van der Waals surface area (Å²) in [6.45, 7) is 2.68. The van der Waals surface area contributed by atoms with Gasteiger partial charge in [0.15, 0.2) is 11.5 Å². The summed E-state index contributed by atoms with van der Waals surface area (Å²) >= 11 is 3.44. The third-order valence-corrected chi connectivity index (χ3v) is 6.41. The number of halogens is 2. The van der Waals surface area contributed by atoms with Crippen LogP contribution in [-0.4, -0.2) is 36.5 Å².